The van der Waals surface area contributed by atoms with Crippen molar-refractivity contribution in [3.05, 3.63) is 34.7 Å². The molecule has 0 aliphatic carbocycles. The topological polar surface area (TPSA) is 45.2 Å². The summed E-state index contributed by atoms with van der Waals surface area (Å²) in [5.41, 5.74) is 3.53. The first kappa shape index (κ1) is 17.6. The number of para-hydroxylation sites is 1. The molecule has 1 amide bonds. The molecule has 1 aliphatic rings. The number of hydrogen-bond acceptors (Lipinski definition) is 5. The van der Waals surface area contributed by atoms with Crippen molar-refractivity contribution in [3.63, 3.8) is 0 Å². The molecule has 1 atom stereocenters. The zero-order valence-electron chi connectivity index (χ0n) is 15.5. The third-order valence-corrected chi connectivity index (χ3v) is 7.06. The number of anilines is 1. The minimum Gasteiger partial charge on any atom is -0.317 e. The monoisotopic (exact) mass is 385 g/mol. The molecule has 3 aromatic rings. The van der Waals surface area contributed by atoms with Crippen LogP contribution in [-0.2, 0) is 11.3 Å². The fraction of sp³-hybridized carbons (Fsp3) is 0.400. The number of carbonyl (C=O) groups excluding carboxylic acids is 1. The van der Waals surface area contributed by atoms with E-state index < -0.39 is 0 Å². The smallest absolute Gasteiger partial charge is 0.221 e. The average Bonchev–Trinajstić information content (AvgIpc) is 3.14. The summed E-state index contributed by atoms with van der Waals surface area (Å²) >= 11 is 3.42. The van der Waals surface area contributed by atoms with Gasteiger partial charge in [0.2, 0.25) is 5.91 Å². The number of nitrogens with zero attached hydrogens (tertiary/aromatic N) is 2. The van der Waals surface area contributed by atoms with Crippen LogP contribution in [0.5, 0.6) is 0 Å². The molecule has 0 spiro atoms. The van der Waals surface area contributed by atoms with Crippen LogP contribution in [0, 0.1) is 0 Å². The number of benzene rings is 1. The maximum atomic E-state index is 11.8. The minimum absolute atomic E-state index is 0.0284. The third kappa shape index (κ3) is 3.06. The Morgan fingerprint density at radius 1 is 1.31 bits per heavy atom. The predicted molar refractivity (Wildman–Crippen MR) is 111 cm³/mol. The maximum Gasteiger partial charge on any atom is 0.221 e. The second-order valence-electron chi connectivity index (χ2n) is 7.24. The van der Waals surface area contributed by atoms with Crippen LogP contribution in [0.2, 0.25) is 0 Å². The van der Waals surface area contributed by atoms with Crippen molar-refractivity contribution in [1.29, 1.82) is 0 Å². The number of amides is 1. The normalized spacial score (nSPS) is 17.7. The number of hydrogen-bond donors (Lipinski definition) is 1. The summed E-state index contributed by atoms with van der Waals surface area (Å²) in [6, 6.07) is 8.74. The Hall–Kier alpha value is -1.76. The Morgan fingerprint density at radius 2 is 2.08 bits per heavy atom. The number of rotatable bonds is 3. The third-order valence-electron chi connectivity index (χ3n) is 4.90. The number of thiophene rings is 1. The highest BCUT2D eigenvalue weighted by Crippen LogP contribution is 2.48. The van der Waals surface area contributed by atoms with E-state index in [0.717, 1.165) is 34.2 Å². The second-order valence-corrected chi connectivity index (χ2v) is 9.37. The first-order chi connectivity index (χ1) is 12.4. The highest BCUT2D eigenvalue weighted by atomic mass is 32.1. The molecule has 136 valence electrons. The van der Waals surface area contributed by atoms with Crippen LogP contribution in [0.25, 0.3) is 20.8 Å². The predicted octanol–water partition coefficient (Wildman–Crippen LogP) is 5.31. The van der Waals surface area contributed by atoms with Crippen molar-refractivity contribution >= 4 is 43.8 Å². The number of nitrogens with one attached hydrogen (secondary N) is 1. The van der Waals surface area contributed by atoms with Crippen molar-refractivity contribution in [3.8, 4) is 10.6 Å². The fourth-order valence-corrected chi connectivity index (χ4v) is 6.14. The van der Waals surface area contributed by atoms with E-state index in [2.05, 4.69) is 43.1 Å². The van der Waals surface area contributed by atoms with Crippen molar-refractivity contribution in [2.75, 3.05) is 11.9 Å². The van der Waals surface area contributed by atoms with E-state index in [1.165, 1.54) is 15.1 Å². The molecule has 0 saturated heterocycles. The standard InChI is InChI=1S/C20H23N3OS2/c1-11(2)23-9-12(3)17-16(10-23)26-19(21-13(4)24)18(17)20-22-14-7-5-6-8-15(14)25-20/h5-8,11-12H,9-10H2,1-4H3,(H,21,24)/t12-/m0/s1. The lowest BCUT2D eigenvalue weighted by Crippen LogP contribution is -2.36. The molecule has 2 aromatic heterocycles. The van der Waals surface area contributed by atoms with Gasteiger partial charge in [0.25, 0.3) is 0 Å². The molecule has 0 radical (unpaired) electrons. The Morgan fingerprint density at radius 3 is 2.77 bits per heavy atom. The molecule has 4 rings (SSSR count). The van der Waals surface area contributed by atoms with Gasteiger partial charge in [-0.25, -0.2) is 4.98 Å². The summed E-state index contributed by atoms with van der Waals surface area (Å²) in [5, 5.41) is 5.02. The Bertz CT molecular complexity index is 940. The summed E-state index contributed by atoms with van der Waals surface area (Å²) in [4.78, 5) is 20.5. The van der Waals surface area contributed by atoms with Crippen LogP contribution < -0.4 is 5.32 Å². The first-order valence-corrected chi connectivity index (χ1v) is 10.6. The number of fused-ring (bicyclic) bond motifs is 2. The van der Waals surface area contributed by atoms with Crippen molar-refractivity contribution in [2.45, 2.75) is 46.2 Å². The second kappa shape index (κ2) is 6.76. The van der Waals surface area contributed by atoms with E-state index in [4.69, 9.17) is 4.98 Å². The van der Waals surface area contributed by atoms with Gasteiger partial charge in [-0.15, -0.1) is 22.7 Å². The van der Waals surface area contributed by atoms with Gasteiger partial charge < -0.3 is 5.32 Å². The Balaban J connectivity index is 1.88. The average molecular weight is 386 g/mol. The van der Waals surface area contributed by atoms with E-state index in [1.54, 1.807) is 29.6 Å². The fourth-order valence-electron chi connectivity index (χ4n) is 3.65. The van der Waals surface area contributed by atoms with Crippen LogP contribution in [0.3, 0.4) is 0 Å². The SMILES string of the molecule is CC(=O)Nc1sc2c(c1-c1nc3ccccc3s1)[C@@H](C)CN(C(C)C)C2. The van der Waals surface area contributed by atoms with Crippen LogP contribution in [0.1, 0.15) is 44.1 Å². The van der Waals surface area contributed by atoms with Crippen LogP contribution in [0.15, 0.2) is 24.3 Å². The number of aromatic nitrogens is 1. The zero-order valence-corrected chi connectivity index (χ0v) is 17.1. The summed E-state index contributed by atoms with van der Waals surface area (Å²) in [5.74, 6) is 0.390. The lowest BCUT2D eigenvalue weighted by atomic mass is 9.92. The molecule has 3 heterocycles. The lowest BCUT2D eigenvalue weighted by molar-refractivity contribution is -0.114. The molecular weight excluding hydrogens is 362 g/mol. The lowest BCUT2D eigenvalue weighted by Gasteiger charge is -2.34. The maximum absolute atomic E-state index is 11.8. The summed E-state index contributed by atoms with van der Waals surface area (Å²) < 4.78 is 1.18. The van der Waals surface area contributed by atoms with E-state index in [0.29, 0.717) is 12.0 Å². The quantitative estimate of drug-likeness (QED) is 0.664. The van der Waals surface area contributed by atoms with E-state index in [1.807, 2.05) is 12.1 Å². The Kier molecular flexibility index (Phi) is 4.59. The summed E-state index contributed by atoms with van der Waals surface area (Å²) in [7, 11) is 0. The highest BCUT2D eigenvalue weighted by molar-refractivity contribution is 7.22. The van der Waals surface area contributed by atoms with E-state index >= 15 is 0 Å². The Labute approximate surface area is 161 Å². The largest absolute Gasteiger partial charge is 0.317 e. The first-order valence-electron chi connectivity index (χ1n) is 8.97. The van der Waals surface area contributed by atoms with Crippen molar-refractivity contribution < 1.29 is 4.79 Å². The van der Waals surface area contributed by atoms with Crippen molar-refractivity contribution in [1.82, 2.24) is 9.88 Å². The van der Waals surface area contributed by atoms with Gasteiger partial charge in [0, 0.05) is 36.5 Å². The van der Waals surface area contributed by atoms with Gasteiger partial charge in [0.1, 0.15) is 10.0 Å². The zero-order chi connectivity index (χ0) is 18.4. The van der Waals surface area contributed by atoms with Gasteiger partial charge in [0.05, 0.1) is 10.2 Å². The highest BCUT2D eigenvalue weighted by Gasteiger charge is 2.32. The van der Waals surface area contributed by atoms with Crippen LogP contribution >= 0.6 is 22.7 Å². The van der Waals surface area contributed by atoms with Crippen LogP contribution in [-0.4, -0.2) is 28.4 Å². The molecule has 0 saturated carbocycles. The molecule has 26 heavy (non-hydrogen) atoms. The minimum atomic E-state index is -0.0284. The van der Waals surface area contributed by atoms with Gasteiger partial charge in [-0.1, -0.05) is 19.1 Å². The van der Waals surface area contributed by atoms with Gasteiger partial charge in [-0.3, -0.25) is 9.69 Å². The van der Waals surface area contributed by atoms with E-state index in [9.17, 15) is 4.79 Å². The van der Waals surface area contributed by atoms with Crippen molar-refractivity contribution in [2.24, 2.45) is 0 Å². The molecule has 0 bridgehead atoms. The van der Waals surface area contributed by atoms with Gasteiger partial charge >= 0.3 is 0 Å². The number of thiazole rings is 1. The molecule has 1 N–H and O–H groups in total. The molecule has 1 aliphatic heterocycles. The molecule has 4 nitrogen and oxygen atoms in total. The molecule has 1 aromatic carbocycles. The molecule has 0 fully saturated rings. The molecular formula is C20H23N3OS2. The summed E-state index contributed by atoms with van der Waals surface area (Å²) in [6.45, 7) is 10.3. The van der Waals surface area contributed by atoms with Gasteiger partial charge in [0.15, 0.2) is 0 Å². The number of carbonyl (C=O) groups is 1. The van der Waals surface area contributed by atoms with Gasteiger partial charge in [-0.2, -0.15) is 0 Å². The summed E-state index contributed by atoms with van der Waals surface area (Å²) in [6.07, 6.45) is 0. The van der Waals surface area contributed by atoms with Crippen LogP contribution in [0.4, 0.5) is 5.00 Å². The molecule has 0 unspecified atom stereocenters. The van der Waals surface area contributed by atoms with E-state index in [-0.39, 0.29) is 5.91 Å². The molecule has 6 heteroatoms. The van der Waals surface area contributed by atoms with Gasteiger partial charge in [-0.05, 0) is 37.5 Å².